The molecule has 35 heavy (non-hydrogen) atoms. The van der Waals surface area contributed by atoms with Crippen LogP contribution < -0.4 is 10.5 Å². The number of aliphatic hydroxyl groups excluding tert-OH is 1. The molecule has 0 bridgehead atoms. The fourth-order valence-electron chi connectivity index (χ4n) is 3.90. The van der Waals surface area contributed by atoms with Crippen LogP contribution in [0, 0.1) is 5.92 Å². The molecule has 4 atom stereocenters. The molecular weight excluding hydrogens is 555 g/mol. The molecule has 14 heteroatoms. The van der Waals surface area contributed by atoms with Gasteiger partial charge in [-0.25, -0.2) is 15.1 Å². The van der Waals surface area contributed by atoms with Crippen molar-refractivity contribution in [3.8, 4) is 0 Å². The number of halogens is 2. The summed E-state index contributed by atoms with van der Waals surface area (Å²) < 4.78 is 40.1. The van der Waals surface area contributed by atoms with E-state index in [2.05, 4.69) is 15.3 Å². The van der Waals surface area contributed by atoms with Crippen molar-refractivity contribution in [2.24, 2.45) is 11.1 Å². The van der Waals surface area contributed by atoms with E-state index in [1.165, 1.54) is 12.5 Å². The molecule has 0 aliphatic heterocycles. The highest BCUT2D eigenvalue weighted by atomic mass is 35.5. The van der Waals surface area contributed by atoms with E-state index in [9.17, 15) is 18.1 Å². The fraction of sp³-hybridized carbons (Fsp3) is 0.333. The number of thiophene rings is 1. The van der Waals surface area contributed by atoms with Gasteiger partial charge in [-0.1, -0.05) is 29.3 Å². The summed E-state index contributed by atoms with van der Waals surface area (Å²) in [6.45, 7) is 0.0243. The van der Waals surface area contributed by atoms with Crippen molar-refractivity contribution in [2.75, 3.05) is 11.9 Å². The molecular formula is C21H22Cl2N4O5S3. The zero-order valence-electron chi connectivity index (χ0n) is 18.1. The van der Waals surface area contributed by atoms with Gasteiger partial charge in [0.1, 0.15) is 22.6 Å². The molecule has 4 rings (SSSR count). The summed E-state index contributed by atoms with van der Waals surface area (Å²) in [5.41, 5.74) is 0.440. The second kappa shape index (κ2) is 11.3. The highest BCUT2D eigenvalue weighted by molar-refractivity contribution is 7.91. The first kappa shape index (κ1) is 26.6. The molecule has 0 spiro atoms. The summed E-state index contributed by atoms with van der Waals surface area (Å²) >= 11 is 12.0. The van der Waals surface area contributed by atoms with E-state index in [-0.39, 0.29) is 18.6 Å². The first-order valence-electron chi connectivity index (χ1n) is 10.5. The van der Waals surface area contributed by atoms with Gasteiger partial charge in [0, 0.05) is 51.0 Å². The predicted octanol–water partition coefficient (Wildman–Crippen LogP) is 3.89. The lowest BCUT2D eigenvalue weighted by Gasteiger charge is -2.18. The van der Waals surface area contributed by atoms with Gasteiger partial charge in [0.25, 0.3) is 0 Å². The molecule has 9 nitrogen and oxygen atoms in total. The summed E-state index contributed by atoms with van der Waals surface area (Å²) in [5, 5.41) is 19.8. The Balaban J connectivity index is 1.49. The smallest absolute Gasteiger partial charge is 0.333 e. The van der Waals surface area contributed by atoms with E-state index in [0.717, 1.165) is 24.2 Å². The van der Waals surface area contributed by atoms with E-state index < -0.39 is 27.6 Å². The summed E-state index contributed by atoms with van der Waals surface area (Å²) in [7, 11) is -3.98. The van der Waals surface area contributed by atoms with Crippen LogP contribution in [0.5, 0.6) is 0 Å². The van der Waals surface area contributed by atoms with Gasteiger partial charge in [-0.2, -0.15) is 8.42 Å². The first-order valence-corrected chi connectivity index (χ1v) is 14.7. The van der Waals surface area contributed by atoms with Gasteiger partial charge in [-0.15, -0.1) is 11.3 Å². The highest BCUT2D eigenvalue weighted by Gasteiger charge is 2.29. The number of rotatable bonds is 9. The molecule has 2 unspecified atom stereocenters. The van der Waals surface area contributed by atoms with Crippen molar-refractivity contribution in [1.29, 1.82) is 0 Å². The van der Waals surface area contributed by atoms with Crippen molar-refractivity contribution in [3.05, 3.63) is 62.7 Å². The molecule has 1 aromatic carbocycles. The van der Waals surface area contributed by atoms with Crippen LogP contribution in [0.25, 0.3) is 0 Å². The van der Waals surface area contributed by atoms with Gasteiger partial charge >= 0.3 is 10.3 Å². The van der Waals surface area contributed by atoms with E-state index >= 15 is 0 Å². The zero-order chi connectivity index (χ0) is 25.2. The average Bonchev–Trinajstić information content (AvgIpc) is 3.43. The van der Waals surface area contributed by atoms with Gasteiger partial charge in [0.2, 0.25) is 0 Å². The molecule has 1 aliphatic carbocycles. The Bertz CT molecular complexity index is 1290. The SMILES string of the molecule is NS(=O)(=O)OC[C@@H]1CC[C@H](Nc2ncncc2C(O)c2cc([S+]([O-])c3cccc(Cl)c3)c(Cl)s2)C1. The third-order valence-electron chi connectivity index (χ3n) is 5.54. The van der Waals surface area contributed by atoms with Gasteiger partial charge in [0.05, 0.1) is 6.61 Å². The molecule has 0 saturated heterocycles. The molecule has 2 aromatic heterocycles. The standard InChI is InChI=1S/C21H22Cl2N4O5S3/c22-13-2-1-3-15(7-13)34(29)18-8-17(33-20(18)23)19(28)16-9-25-11-26-21(16)27-14-5-4-12(6-14)10-32-35(24,30)31/h1-3,7-9,11-12,14,19,28H,4-6,10H2,(H2,24,30,31)(H,25,26,27)/t12-,14+,19?,34?/m1/s1. The Morgan fingerprint density at radius 1 is 1.34 bits per heavy atom. The quantitative estimate of drug-likeness (QED) is 0.324. The molecule has 188 valence electrons. The maximum absolute atomic E-state index is 13.0. The summed E-state index contributed by atoms with van der Waals surface area (Å²) in [6.07, 6.45) is 3.96. The largest absolute Gasteiger partial charge is 0.606 e. The van der Waals surface area contributed by atoms with Crippen molar-refractivity contribution in [3.63, 3.8) is 0 Å². The van der Waals surface area contributed by atoms with Crippen LogP contribution in [0.1, 0.15) is 35.8 Å². The maximum atomic E-state index is 13.0. The van der Waals surface area contributed by atoms with Crippen LogP contribution >= 0.6 is 34.5 Å². The molecule has 1 fully saturated rings. The number of anilines is 1. The number of nitrogens with one attached hydrogen (secondary N) is 1. The lowest BCUT2D eigenvalue weighted by atomic mass is 10.1. The lowest BCUT2D eigenvalue weighted by molar-refractivity contribution is 0.223. The second-order valence-corrected chi connectivity index (χ2v) is 12.8. The van der Waals surface area contributed by atoms with Gasteiger partial charge in [-0.3, -0.25) is 4.18 Å². The third kappa shape index (κ3) is 6.85. The van der Waals surface area contributed by atoms with Crippen molar-refractivity contribution in [2.45, 2.75) is 41.2 Å². The summed E-state index contributed by atoms with van der Waals surface area (Å²) in [4.78, 5) is 9.71. The van der Waals surface area contributed by atoms with Crippen LogP contribution in [-0.2, 0) is 25.7 Å². The molecule has 3 aromatic rings. The average molecular weight is 578 g/mol. The molecule has 1 aliphatic rings. The second-order valence-electron chi connectivity index (χ2n) is 8.04. The van der Waals surface area contributed by atoms with E-state index in [1.54, 1.807) is 30.3 Å². The zero-order valence-corrected chi connectivity index (χ0v) is 22.1. The number of hydrogen-bond donors (Lipinski definition) is 3. The molecule has 0 radical (unpaired) electrons. The number of nitrogens with two attached hydrogens (primary N) is 1. The Morgan fingerprint density at radius 2 is 2.14 bits per heavy atom. The van der Waals surface area contributed by atoms with Crippen LogP contribution in [-0.4, -0.2) is 40.7 Å². The minimum absolute atomic E-state index is 0.00254. The topological polar surface area (TPSA) is 150 Å². The number of hydrogen-bond acceptors (Lipinski definition) is 9. The minimum Gasteiger partial charge on any atom is -0.606 e. The van der Waals surface area contributed by atoms with Gasteiger partial charge in [-0.05, 0) is 37.3 Å². The minimum atomic E-state index is -3.98. The maximum Gasteiger partial charge on any atom is 0.333 e. The van der Waals surface area contributed by atoms with Crippen LogP contribution in [0.2, 0.25) is 9.36 Å². The van der Waals surface area contributed by atoms with Gasteiger partial charge in [0.15, 0.2) is 9.79 Å². The first-order chi connectivity index (χ1) is 16.6. The number of aromatic nitrogens is 2. The van der Waals surface area contributed by atoms with Crippen LogP contribution in [0.4, 0.5) is 5.82 Å². The Labute approximate surface area is 220 Å². The highest BCUT2D eigenvalue weighted by Crippen LogP contribution is 2.40. The summed E-state index contributed by atoms with van der Waals surface area (Å²) in [6, 6.07) is 8.32. The van der Waals surface area contributed by atoms with Crippen molar-refractivity contribution in [1.82, 2.24) is 9.97 Å². The van der Waals surface area contributed by atoms with E-state index in [0.29, 0.717) is 41.8 Å². The Hall–Kier alpha value is -1.48. The fourth-order valence-corrected chi connectivity index (χ4v) is 7.34. The molecule has 1 saturated carbocycles. The van der Waals surface area contributed by atoms with Crippen LogP contribution in [0.15, 0.2) is 52.6 Å². The molecule has 0 amide bonds. The van der Waals surface area contributed by atoms with Crippen molar-refractivity contribution < 1.29 is 22.3 Å². The molecule has 2 heterocycles. The normalized spacial score (nSPS) is 20.0. The number of benzene rings is 1. The lowest BCUT2D eigenvalue weighted by Crippen LogP contribution is -2.22. The third-order valence-corrected chi connectivity index (χ3v) is 9.29. The van der Waals surface area contributed by atoms with Crippen molar-refractivity contribution >= 4 is 61.8 Å². The van der Waals surface area contributed by atoms with E-state index in [1.807, 2.05) is 0 Å². The summed E-state index contributed by atoms with van der Waals surface area (Å²) in [5.74, 6) is 0.480. The van der Waals surface area contributed by atoms with Crippen LogP contribution in [0.3, 0.4) is 0 Å². The monoisotopic (exact) mass is 576 g/mol. The Morgan fingerprint density at radius 3 is 2.89 bits per heavy atom. The molecule has 4 N–H and O–H groups in total. The number of aliphatic hydroxyl groups is 1. The Kier molecular flexibility index (Phi) is 8.57. The van der Waals surface area contributed by atoms with E-state index in [4.69, 9.17) is 32.5 Å². The van der Waals surface area contributed by atoms with Gasteiger partial charge < -0.3 is 15.0 Å². The predicted molar refractivity (Wildman–Crippen MR) is 135 cm³/mol. The number of nitrogens with zero attached hydrogens (tertiary/aromatic N) is 2.